The lowest BCUT2D eigenvalue weighted by Gasteiger charge is -2.35. The van der Waals surface area contributed by atoms with E-state index in [2.05, 4.69) is 15.6 Å². The van der Waals surface area contributed by atoms with Gasteiger partial charge in [0, 0.05) is 62.1 Å². The van der Waals surface area contributed by atoms with Gasteiger partial charge in [-0.25, -0.2) is 19.6 Å². The molecule has 4 atom stereocenters. The number of carbonyl (C=O) groups is 5. The van der Waals surface area contributed by atoms with Crippen molar-refractivity contribution in [3.8, 4) is 11.4 Å². The second kappa shape index (κ2) is 16.4. The van der Waals surface area contributed by atoms with E-state index < -0.39 is 41.7 Å². The van der Waals surface area contributed by atoms with Crippen LogP contribution in [0, 0.1) is 11.8 Å². The lowest BCUT2D eigenvalue weighted by atomic mass is 10.1. The van der Waals surface area contributed by atoms with Gasteiger partial charge in [-0.15, -0.1) is 5.06 Å². The molecule has 276 valence electrons. The number of carboxylic acid groups (broad SMARTS) is 1. The maximum Gasteiger partial charge on any atom is 0.527 e. The molecule has 2 aliphatic heterocycles. The Morgan fingerprint density at radius 1 is 1.00 bits per heavy atom. The van der Waals surface area contributed by atoms with Crippen LogP contribution < -0.4 is 15.5 Å². The van der Waals surface area contributed by atoms with Crippen LogP contribution in [0.1, 0.15) is 63.9 Å². The predicted octanol–water partition coefficient (Wildman–Crippen LogP) is 3.08. The third-order valence-corrected chi connectivity index (χ3v) is 8.90. The van der Waals surface area contributed by atoms with Crippen molar-refractivity contribution in [3.63, 3.8) is 0 Å². The van der Waals surface area contributed by atoms with Crippen LogP contribution in [0.2, 0.25) is 0 Å². The first-order chi connectivity index (χ1) is 24.3. The number of carbonyl (C=O) groups excluding carboxylic acids is 4. The van der Waals surface area contributed by atoms with Crippen LogP contribution >= 0.6 is 0 Å². The molecule has 16 nitrogen and oxygen atoms in total. The van der Waals surface area contributed by atoms with Crippen LogP contribution in [0.4, 0.5) is 15.4 Å². The molecule has 1 aromatic heterocycles. The number of rotatable bonds is 13. The molecule has 3 amide bonds. The van der Waals surface area contributed by atoms with Crippen molar-refractivity contribution in [2.45, 2.75) is 71.1 Å². The number of aliphatic carboxylic acids is 1. The number of fused-ring (bicyclic) bond motifs is 1. The second-order valence-corrected chi connectivity index (χ2v) is 14.0. The van der Waals surface area contributed by atoms with Gasteiger partial charge in [-0.2, -0.15) is 0 Å². The van der Waals surface area contributed by atoms with E-state index in [9.17, 15) is 29.1 Å². The Hall–Kier alpha value is -4.99. The summed E-state index contributed by atoms with van der Waals surface area (Å²) in [4.78, 5) is 81.3. The van der Waals surface area contributed by atoms with Gasteiger partial charge in [0.25, 0.3) is 5.91 Å². The molecule has 3 N–H and O–H groups in total. The van der Waals surface area contributed by atoms with Gasteiger partial charge in [-0.05, 0) is 33.6 Å². The average molecular weight is 710 g/mol. The number of hydrogen-bond donors (Lipinski definition) is 3. The molecule has 2 saturated heterocycles. The first kappa shape index (κ1) is 37.3. The molecule has 0 spiro atoms. The fourth-order valence-corrected chi connectivity index (χ4v) is 6.21. The normalized spacial score (nSPS) is 20.5. The number of hydrogen-bond acceptors (Lipinski definition) is 12. The van der Waals surface area contributed by atoms with E-state index in [0.717, 1.165) is 12.8 Å². The molecule has 1 aromatic carbocycles. The van der Waals surface area contributed by atoms with E-state index in [-0.39, 0.29) is 69.2 Å². The summed E-state index contributed by atoms with van der Waals surface area (Å²) in [5.74, 6) is -0.971. The Morgan fingerprint density at radius 3 is 2.31 bits per heavy atom. The minimum Gasteiger partial charge on any atom is -0.481 e. The molecular formula is C35H47N7O9. The minimum absolute atomic E-state index is 0.0108. The number of amides is 3. The molecule has 16 heteroatoms. The average Bonchev–Trinajstić information content (AvgIpc) is 3.50. The molecule has 51 heavy (non-hydrogen) atoms. The highest BCUT2D eigenvalue weighted by molar-refractivity contribution is 5.97. The van der Waals surface area contributed by atoms with Gasteiger partial charge in [0.05, 0.1) is 19.7 Å². The van der Waals surface area contributed by atoms with Crippen molar-refractivity contribution in [3.05, 3.63) is 42.1 Å². The second-order valence-electron chi connectivity index (χ2n) is 14.0. The number of ether oxygens (including phenoxy) is 2. The quantitative estimate of drug-likeness (QED) is 0.203. The van der Waals surface area contributed by atoms with E-state index in [4.69, 9.17) is 19.3 Å². The first-order valence-corrected chi connectivity index (χ1v) is 17.4. The van der Waals surface area contributed by atoms with Crippen LogP contribution in [0.15, 0.2) is 36.4 Å². The van der Waals surface area contributed by atoms with Gasteiger partial charge in [0.15, 0.2) is 5.82 Å². The number of piperazine rings is 1. The molecule has 1 aliphatic carbocycles. The summed E-state index contributed by atoms with van der Waals surface area (Å²) in [5.41, 5.74) is 0.114. The van der Waals surface area contributed by atoms with E-state index in [0.29, 0.717) is 30.3 Å². The minimum atomic E-state index is -1.14. The first-order valence-electron chi connectivity index (χ1n) is 17.4. The van der Waals surface area contributed by atoms with E-state index in [1.807, 2.05) is 62.9 Å². The Morgan fingerprint density at radius 2 is 1.69 bits per heavy atom. The number of piperidine rings is 1. The Balaban J connectivity index is 1.26. The zero-order valence-electron chi connectivity index (χ0n) is 29.5. The topological polar surface area (TPSA) is 193 Å². The summed E-state index contributed by atoms with van der Waals surface area (Å²) in [7, 11) is 0. The highest BCUT2D eigenvalue weighted by Gasteiger charge is 2.57. The van der Waals surface area contributed by atoms with Gasteiger partial charge < -0.3 is 39.9 Å². The van der Waals surface area contributed by atoms with E-state index in [1.54, 1.807) is 6.07 Å². The fourth-order valence-electron chi connectivity index (χ4n) is 6.21. The van der Waals surface area contributed by atoms with Gasteiger partial charge in [-0.3, -0.25) is 14.4 Å². The van der Waals surface area contributed by atoms with Crippen molar-refractivity contribution in [2.24, 2.45) is 11.8 Å². The highest BCUT2D eigenvalue weighted by atomic mass is 16.8. The van der Waals surface area contributed by atoms with Gasteiger partial charge in [0.2, 0.25) is 5.91 Å². The smallest absolute Gasteiger partial charge is 0.481 e. The maximum atomic E-state index is 13.8. The zero-order valence-corrected chi connectivity index (χ0v) is 29.5. The van der Waals surface area contributed by atoms with Crippen molar-refractivity contribution in [1.82, 2.24) is 30.6 Å². The highest BCUT2D eigenvalue weighted by Crippen LogP contribution is 2.46. The predicted molar refractivity (Wildman–Crippen MR) is 183 cm³/mol. The molecule has 5 rings (SSSR count). The number of hydroxylamine groups is 2. The SMILES string of the molecule is CCCCOC(=O)ON1CCN(C(=O)[C@H](CCC(=O)O)NC(=O)c2cc(N3C[C@@H]4[C@H](C3)[C@H]4NC(=O)OC(C)(C)C)nc(-c3ccccc3)n2)CC1. The van der Waals surface area contributed by atoms with Gasteiger partial charge in [0.1, 0.15) is 23.2 Å². The monoisotopic (exact) mass is 709 g/mol. The lowest BCUT2D eigenvalue weighted by molar-refractivity contribution is -0.158. The molecule has 1 saturated carbocycles. The van der Waals surface area contributed by atoms with Crippen LogP contribution in [-0.4, -0.2) is 119 Å². The number of aromatic nitrogens is 2. The number of unbranched alkanes of at least 4 members (excludes halogenated alkanes) is 1. The number of nitrogens with one attached hydrogen (secondary N) is 2. The Kier molecular flexibility index (Phi) is 12.0. The van der Waals surface area contributed by atoms with Crippen LogP contribution in [0.3, 0.4) is 0 Å². The summed E-state index contributed by atoms with van der Waals surface area (Å²) in [6, 6.07) is 9.61. The lowest BCUT2D eigenvalue weighted by Crippen LogP contribution is -2.55. The van der Waals surface area contributed by atoms with Crippen LogP contribution in [0.5, 0.6) is 0 Å². The van der Waals surface area contributed by atoms with Crippen LogP contribution in [-0.2, 0) is 23.9 Å². The van der Waals surface area contributed by atoms with Crippen molar-refractivity contribution in [2.75, 3.05) is 50.8 Å². The number of alkyl carbamates (subject to hydrolysis) is 1. The molecule has 0 bridgehead atoms. The zero-order chi connectivity index (χ0) is 36.7. The van der Waals surface area contributed by atoms with Crippen molar-refractivity contribution in [1.29, 1.82) is 0 Å². The summed E-state index contributed by atoms with van der Waals surface area (Å²) < 4.78 is 10.4. The summed E-state index contributed by atoms with van der Waals surface area (Å²) in [6.45, 7) is 9.69. The largest absolute Gasteiger partial charge is 0.527 e. The summed E-state index contributed by atoms with van der Waals surface area (Å²) >= 11 is 0. The molecule has 0 radical (unpaired) electrons. The third-order valence-electron chi connectivity index (χ3n) is 8.90. The standard InChI is InChI=1S/C35H47N7O9/c1-5-6-18-49-34(48)51-42-16-14-40(15-17-42)32(46)25(12-13-28(43)44)37-31(45)26-19-27(38-30(36-26)22-10-8-7-9-11-22)41-20-23-24(21-41)29(23)39-33(47)50-35(2,3)4/h7-11,19,23-25,29H,5-6,12-18,20-21H2,1-4H3,(H,37,45)(H,39,47)(H,43,44)/t23-,24+,25-,29+/m0/s1. The van der Waals surface area contributed by atoms with Gasteiger partial charge in [-0.1, -0.05) is 43.7 Å². The number of carboxylic acids is 1. The van der Waals surface area contributed by atoms with E-state index >= 15 is 0 Å². The Bertz CT molecular complexity index is 1560. The number of anilines is 1. The maximum absolute atomic E-state index is 13.8. The molecule has 3 fully saturated rings. The summed E-state index contributed by atoms with van der Waals surface area (Å²) in [5, 5.41) is 16.5. The van der Waals surface area contributed by atoms with Crippen LogP contribution in [0.25, 0.3) is 11.4 Å². The molecule has 0 unspecified atom stereocenters. The Labute approximate surface area is 296 Å². The molecule has 3 heterocycles. The van der Waals surface area contributed by atoms with Crippen molar-refractivity contribution < 1.29 is 43.4 Å². The molecular weight excluding hydrogens is 662 g/mol. The molecule has 3 aliphatic rings. The van der Waals surface area contributed by atoms with E-state index in [1.165, 1.54) is 9.96 Å². The third kappa shape index (κ3) is 10.3. The molecule has 2 aromatic rings. The van der Waals surface area contributed by atoms with Crippen molar-refractivity contribution >= 4 is 35.9 Å². The number of benzene rings is 1. The fraction of sp³-hybridized carbons (Fsp3) is 0.571. The van der Waals surface area contributed by atoms with Gasteiger partial charge >= 0.3 is 18.2 Å². The summed E-state index contributed by atoms with van der Waals surface area (Å²) in [6.07, 6.45) is -0.146. The number of nitrogens with zero attached hydrogens (tertiary/aromatic N) is 5.